The average Bonchev–Trinajstić information content (AvgIpc) is 2.48. The average molecular weight is 181 g/mol. The van der Waals surface area contributed by atoms with Crippen LogP contribution in [-0.2, 0) is 0 Å². The van der Waals surface area contributed by atoms with E-state index in [1.54, 1.807) is 0 Å². The Morgan fingerprint density at radius 3 is 2.23 bits per heavy atom. The molecule has 0 atom stereocenters. The summed E-state index contributed by atoms with van der Waals surface area (Å²) in [7, 11) is 0. The van der Waals surface area contributed by atoms with E-state index in [1.165, 1.54) is 0 Å². The SMILES string of the molecule is CC(C)(C)NCCNn1cccc1. The molecular formula is C10H19N3. The molecule has 1 aromatic rings. The molecule has 0 spiro atoms. The third-order valence-corrected chi connectivity index (χ3v) is 1.68. The fourth-order valence-electron chi connectivity index (χ4n) is 1.06. The van der Waals surface area contributed by atoms with E-state index in [-0.39, 0.29) is 5.54 Å². The molecule has 0 amide bonds. The second-order valence-corrected chi connectivity index (χ2v) is 4.18. The van der Waals surface area contributed by atoms with E-state index in [2.05, 4.69) is 31.5 Å². The maximum Gasteiger partial charge on any atom is 0.0438 e. The van der Waals surface area contributed by atoms with Gasteiger partial charge >= 0.3 is 0 Å². The minimum atomic E-state index is 0.207. The zero-order chi connectivity index (χ0) is 9.73. The van der Waals surface area contributed by atoms with E-state index in [9.17, 15) is 0 Å². The van der Waals surface area contributed by atoms with Gasteiger partial charge in [-0.1, -0.05) is 0 Å². The fourth-order valence-corrected chi connectivity index (χ4v) is 1.06. The van der Waals surface area contributed by atoms with E-state index >= 15 is 0 Å². The zero-order valence-electron chi connectivity index (χ0n) is 8.67. The molecule has 1 aromatic heterocycles. The molecule has 0 aliphatic carbocycles. The maximum absolute atomic E-state index is 3.41. The normalized spacial score (nSPS) is 11.6. The number of nitrogens with zero attached hydrogens (tertiary/aromatic N) is 1. The van der Waals surface area contributed by atoms with Crippen LogP contribution in [0.15, 0.2) is 24.5 Å². The summed E-state index contributed by atoms with van der Waals surface area (Å²) in [6.45, 7) is 8.42. The number of aromatic nitrogens is 1. The van der Waals surface area contributed by atoms with Crippen LogP contribution in [0, 0.1) is 0 Å². The monoisotopic (exact) mass is 181 g/mol. The van der Waals surface area contributed by atoms with Gasteiger partial charge in [-0.2, -0.15) is 0 Å². The second kappa shape index (κ2) is 4.33. The molecule has 0 saturated heterocycles. The molecule has 0 fully saturated rings. The summed E-state index contributed by atoms with van der Waals surface area (Å²) in [5.74, 6) is 0. The third kappa shape index (κ3) is 4.58. The highest BCUT2D eigenvalue weighted by molar-refractivity contribution is 4.93. The largest absolute Gasteiger partial charge is 0.325 e. The van der Waals surface area contributed by atoms with Crippen molar-refractivity contribution in [3.8, 4) is 0 Å². The minimum absolute atomic E-state index is 0.207. The number of hydrogen-bond donors (Lipinski definition) is 2. The lowest BCUT2D eigenvalue weighted by Crippen LogP contribution is -2.39. The van der Waals surface area contributed by atoms with Gasteiger partial charge in [0.1, 0.15) is 0 Å². The highest BCUT2D eigenvalue weighted by Crippen LogP contribution is 1.96. The molecule has 0 unspecified atom stereocenters. The molecular weight excluding hydrogens is 162 g/mol. The Hall–Kier alpha value is -0.960. The molecule has 0 bridgehead atoms. The van der Waals surface area contributed by atoms with Gasteiger partial charge in [0.15, 0.2) is 0 Å². The predicted octanol–water partition coefficient (Wildman–Crippen LogP) is 1.42. The number of hydrogen-bond acceptors (Lipinski definition) is 2. The van der Waals surface area contributed by atoms with E-state index in [4.69, 9.17) is 0 Å². The van der Waals surface area contributed by atoms with Crippen molar-refractivity contribution in [1.82, 2.24) is 9.99 Å². The summed E-state index contributed by atoms with van der Waals surface area (Å²) >= 11 is 0. The lowest BCUT2D eigenvalue weighted by molar-refractivity contribution is 0.432. The number of rotatable bonds is 4. The van der Waals surface area contributed by atoms with Crippen molar-refractivity contribution in [3.05, 3.63) is 24.5 Å². The quantitative estimate of drug-likeness (QED) is 0.688. The Morgan fingerprint density at radius 2 is 1.69 bits per heavy atom. The molecule has 2 N–H and O–H groups in total. The van der Waals surface area contributed by atoms with Crippen LogP contribution in [-0.4, -0.2) is 23.3 Å². The van der Waals surface area contributed by atoms with Crippen molar-refractivity contribution < 1.29 is 0 Å². The number of nitrogens with one attached hydrogen (secondary N) is 2. The lowest BCUT2D eigenvalue weighted by atomic mass is 10.1. The van der Waals surface area contributed by atoms with E-state index in [0.29, 0.717) is 0 Å². The Bertz CT molecular complexity index is 221. The van der Waals surface area contributed by atoms with E-state index < -0.39 is 0 Å². The minimum Gasteiger partial charge on any atom is -0.325 e. The summed E-state index contributed by atoms with van der Waals surface area (Å²) in [5, 5.41) is 3.41. The van der Waals surface area contributed by atoms with Gasteiger partial charge < -0.3 is 10.7 Å². The Kier molecular flexibility index (Phi) is 3.37. The Morgan fingerprint density at radius 1 is 1.08 bits per heavy atom. The van der Waals surface area contributed by atoms with Crippen LogP contribution in [0.2, 0.25) is 0 Å². The lowest BCUT2D eigenvalue weighted by Gasteiger charge is -2.20. The Balaban J connectivity index is 2.09. The van der Waals surface area contributed by atoms with Crippen LogP contribution < -0.4 is 10.7 Å². The first-order valence-electron chi connectivity index (χ1n) is 4.70. The molecule has 74 valence electrons. The molecule has 3 heteroatoms. The van der Waals surface area contributed by atoms with E-state index in [1.807, 2.05) is 29.2 Å². The second-order valence-electron chi connectivity index (χ2n) is 4.18. The summed E-state index contributed by atoms with van der Waals surface area (Å²) in [6, 6.07) is 4.01. The van der Waals surface area contributed by atoms with Crippen LogP contribution >= 0.6 is 0 Å². The van der Waals surface area contributed by atoms with Gasteiger partial charge in [-0.3, -0.25) is 4.68 Å². The van der Waals surface area contributed by atoms with Gasteiger partial charge in [-0.15, -0.1) is 0 Å². The molecule has 13 heavy (non-hydrogen) atoms. The van der Waals surface area contributed by atoms with Crippen LogP contribution in [0.1, 0.15) is 20.8 Å². The zero-order valence-corrected chi connectivity index (χ0v) is 8.67. The first kappa shape index (κ1) is 10.1. The molecule has 1 heterocycles. The van der Waals surface area contributed by atoms with Crippen LogP contribution in [0.4, 0.5) is 0 Å². The summed E-state index contributed by atoms with van der Waals surface area (Å²) < 4.78 is 1.96. The van der Waals surface area contributed by atoms with Crippen LogP contribution in [0.25, 0.3) is 0 Å². The van der Waals surface area contributed by atoms with Crippen molar-refractivity contribution in [2.75, 3.05) is 18.5 Å². The predicted molar refractivity (Wildman–Crippen MR) is 56.4 cm³/mol. The Labute approximate surface area is 80.1 Å². The fraction of sp³-hybridized carbons (Fsp3) is 0.600. The van der Waals surface area contributed by atoms with Gasteiger partial charge in [-0.05, 0) is 32.9 Å². The van der Waals surface area contributed by atoms with Crippen molar-refractivity contribution in [1.29, 1.82) is 0 Å². The van der Waals surface area contributed by atoms with E-state index in [0.717, 1.165) is 13.1 Å². The van der Waals surface area contributed by atoms with Gasteiger partial charge in [0.05, 0.1) is 0 Å². The summed E-state index contributed by atoms with van der Waals surface area (Å²) in [6.07, 6.45) is 3.99. The molecule has 0 saturated carbocycles. The highest BCUT2D eigenvalue weighted by atomic mass is 15.4. The van der Waals surface area contributed by atoms with Crippen LogP contribution in [0.3, 0.4) is 0 Å². The molecule has 0 aliphatic rings. The molecule has 1 rings (SSSR count). The molecule has 3 nitrogen and oxygen atoms in total. The highest BCUT2D eigenvalue weighted by Gasteiger charge is 2.06. The first-order chi connectivity index (χ1) is 6.08. The summed E-state index contributed by atoms with van der Waals surface area (Å²) in [5.41, 5.74) is 3.46. The maximum atomic E-state index is 3.41. The molecule has 0 aromatic carbocycles. The van der Waals surface area contributed by atoms with Crippen molar-refractivity contribution in [3.63, 3.8) is 0 Å². The standard InChI is InChI=1S/C10H19N3/c1-10(2,3)11-6-7-12-13-8-4-5-9-13/h4-5,8-9,11-12H,6-7H2,1-3H3. The topological polar surface area (TPSA) is 29.0 Å². The van der Waals surface area contributed by atoms with Gasteiger partial charge in [0.25, 0.3) is 0 Å². The smallest absolute Gasteiger partial charge is 0.0438 e. The first-order valence-corrected chi connectivity index (χ1v) is 4.70. The van der Waals surface area contributed by atoms with Gasteiger partial charge in [0, 0.05) is 31.0 Å². The summed E-state index contributed by atoms with van der Waals surface area (Å²) in [4.78, 5) is 0. The van der Waals surface area contributed by atoms with Gasteiger partial charge in [-0.25, -0.2) is 0 Å². The van der Waals surface area contributed by atoms with Crippen LogP contribution in [0.5, 0.6) is 0 Å². The molecule has 0 aliphatic heterocycles. The van der Waals surface area contributed by atoms with Crippen molar-refractivity contribution in [2.24, 2.45) is 0 Å². The third-order valence-electron chi connectivity index (χ3n) is 1.68. The molecule has 0 radical (unpaired) electrons. The van der Waals surface area contributed by atoms with Crippen molar-refractivity contribution in [2.45, 2.75) is 26.3 Å². The van der Waals surface area contributed by atoms with Crippen molar-refractivity contribution >= 4 is 0 Å². The van der Waals surface area contributed by atoms with Gasteiger partial charge in [0.2, 0.25) is 0 Å².